The third kappa shape index (κ3) is 4.92. The molecule has 3 aromatic rings. The molecular formula is C25H36N6O3. The fourth-order valence-corrected chi connectivity index (χ4v) is 4.42. The van der Waals surface area contributed by atoms with E-state index in [1.807, 2.05) is 23.7 Å². The highest BCUT2D eigenvalue weighted by Crippen LogP contribution is 2.33. The third-order valence-corrected chi connectivity index (χ3v) is 6.30. The van der Waals surface area contributed by atoms with Crippen LogP contribution < -0.4 is 4.74 Å². The molecular weight excluding hydrogens is 432 g/mol. The molecule has 0 saturated carbocycles. The summed E-state index contributed by atoms with van der Waals surface area (Å²) in [7, 11) is 3.38. The van der Waals surface area contributed by atoms with Crippen LogP contribution in [0.1, 0.15) is 49.8 Å². The van der Waals surface area contributed by atoms with E-state index in [0.29, 0.717) is 18.4 Å². The van der Waals surface area contributed by atoms with E-state index >= 15 is 0 Å². The van der Waals surface area contributed by atoms with Crippen molar-refractivity contribution in [3.63, 3.8) is 0 Å². The van der Waals surface area contributed by atoms with Crippen LogP contribution in [0.2, 0.25) is 0 Å². The fourth-order valence-electron chi connectivity index (χ4n) is 4.42. The fraction of sp³-hybridized carbons (Fsp3) is 0.600. The molecule has 4 heterocycles. The van der Waals surface area contributed by atoms with Gasteiger partial charge in [0.1, 0.15) is 5.52 Å². The normalized spacial score (nSPS) is 15.9. The smallest absolute Gasteiger partial charge is 0.222 e. The Bertz CT molecular complexity index is 1120. The summed E-state index contributed by atoms with van der Waals surface area (Å²) < 4.78 is 18.7. The van der Waals surface area contributed by atoms with Crippen LogP contribution >= 0.6 is 0 Å². The van der Waals surface area contributed by atoms with Crippen molar-refractivity contribution in [2.24, 2.45) is 0 Å². The van der Waals surface area contributed by atoms with E-state index in [0.717, 1.165) is 78.8 Å². The molecule has 1 aliphatic rings. The molecule has 1 atom stereocenters. The second-order valence-electron chi connectivity index (χ2n) is 9.04. The van der Waals surface area contributed by atoms with Gasteiger partial charge in [0.05, 0.1) is 55.6 Å². The number of nitrogens with zero attached hydrogens (tertiary/aromatic N) is 6. The Morgan fingerprint density at radius 1 is 1.09 bits per heavy atom. The van der Waals surface area contributed by atoms with Crippen molar-refractivity contribution in [2.75, 3.05) is 53.7 Å². The average molecular weight is 469 g/mol. The highest BCUT2D eigenvalue weighted by Gasteiger charge is 2.25. The van der Waals surface area contributed by atoms with Crippen LogP contribution in [0.25, 0.3) is 22.4 Å². The molecule has 0 radical (unpaired) electrons. The molecule has 3 aromatic heterocycles. The molecule has 4 rings (SSSR count). The maximum atomic E-state index is 5.66. The molecule has 34 heavy (non-hydrogen) atoms. The van der Waals surface area contributed by atoms with Gasteiger partial charge in [0.15, 0.2) is 5.65 Å². The second-order valence-corrected chi connectivity index (χ2v) is 9.04. The maximum absolute atomic E-state index is 5.66. The molecule has 1 aliphatic heterocycles. The van der Waals surface area contributed by atoms with Gasteiger partial charge in [-0.1, -0.05) is 20.8 Å². The molecule has 0 N–H and O–H groups in total. The number of ether oxygens (including phenoxy) is 3. The summed E-state index contributed by atoms with van der Waals surface area (Å²) in [6.07, 6.45) is 0.732. The number of methoxy groups -OCH3 is 2. The zero-order chi connectivity index (χ0) is 24.2. The van der Waals surface area contributed by atoms with Gasteiger partial charge in [0.2, 0.25) is 5.88 Å². The van der Waals surface area contributed by atoms with E-state index in [4.69, 9.17) is 34.3 Å². The zero-order valence-corrected chi connectivity index (χ0v) is 21.2. The summed E-state index contributed by atoms with van der Waals surface area (Å²) in [5.41, 5.74) is 5.97. The van der Waals surface area contributed by atoms with Crippen molar-refractivity contribution in [3.8, 4) is 17.1 Å². The van der Waals surface area contributed by atoms with Gasteiger partial charge in [-0.15, -0.1) is 0 Å². The lowest BCUT2D eigenvalue weighted by molar-refractivity contribution is 0.0231. The van der Waals surface area contributed by atoms with E-state index in [-0.39, 0.29) is 6.04 Å². The topological polar surface area (TPSA) is 87.4 Å². The highest BCUT2D eigenvalue weighted by atomic mass is 16.5. The standard InChI is InChI=1S/C25H36N6O3/c1-7-20-23(19-8-9-21(16(2)3)27-25(19)33-6)28-22-17(4)29-31(24(22)26-20)18(15-32-5)14-30-10-12-34-13-11-30/h8-9,16,18H,7,10-15H2,1-6H3. The quantitative estimate of drug-likeness (QED) is 0.472. The van der Waals surface area contributed by atoms with Crippen LogP contribution in [0.15, 0.2) is 12.1 Å². The monoisotopic (exact) mass is 468 g/mol. The van der Waals surface area contributed by atoms with Gasteiger partial charge in [0.25, 0.3) is 0 Å². The summed E-state index contributed by atoms with van der Waals surface area (Å²) in [5, 5.41) is 4.87. The van der Waals surface area contributed by atoms with Crippen molar-refractivity contribution >= 4 is 11.2 Å². The van der Waals surface area contributed by atoms with Crippen molar-refractivity contribution in [1.82, 2.24) is 29.6 Å². The molecule has 1 saturated heterocycles. The van der Waals surface area contributed by atoms with Crippen LogP contribution in [0.4, 0.5) is 0 Å². The number of aryl methyl sites for hydroxylation is 2. The van der Waals surface area contributed by atoms with Crippen molar-refractivity contribution in [2.45, 2.75) is 46.1 Å². The van der Waals surface area contributed by atoms with E-state index in [9.17, 15) is 0 Å². The molecule has 9 nitrogen and oxygen atoms in total. The summed E-state index contributed by atoms with van der Waals surface area (Å²) in [6.45, 7) is 13.0. The lowest BCUT2D eigenvalue weighted by atomic mass is 10.1. The predicted octanol–water partition coefficient (Wildman–Crippen LogP) is 3.41. The first-order valence-electron chi connectivity index (χ1n) is 12.1. The molecule has 0 aromatic carbocycles. The molecule has 0 spiro atoms. The van der Waals surface area contributed by atoms with E-state index in [1.165, 1.54) is 0 Å². The minimum absolute atomic E-state index is 0.0330. The van der Waals surface area contributed by atoms with Gasteiger partial charge < -0.3 is 14.2 Å². The average Bonchev–Trinajstić information content (AvgIpc) is 3.18. The van der Waals surface area contributed by atoms with Gasteiger partial charge in [0, 0.05) is 32.4 Å². The molecule has 0 aliphatic carbocycles. The van der Waals surface area contributed by atoms with Crippen LogP contribution in [0.5, 0.6) is 5.88 Å². The van der Waals surface area contributed by atoms with E-state index in [1.54, 1.807) is 14.2 Å². The molecule has 0 bridgehead atoms. The maximum Gasteiger partial charge on any atom is 0.222 e. The largest absolute Gasteiger partial charge is 0.480 e. The van der Waals surface area contributed by atoms with E-state index < -0.39 is 0 Å². The number of aromatic nitrogens is 5. The first-order chi connectivity index (χ1) is 16.5. The summed E-state index contributed by atoms with van der Waals surface area (Å²) >= 11 is 0. The first kappa shape index (κ1) is 24.5. The van der Waals surface area contributed by atoms with Gasteiger partial charge in [-0.3, -0.25) is 4.90 Å². The summed E-state index contributed by atoms with van der Waals surface area (Å²) in [6, 6.07) is 4.12. The van der Waals surface area contributed by atoms with Crippen LogP contribution in [0.3, 0.4) is 0 Å². The first-order valence-corrected chi connectivity index (χ1v) is 12.1. The van der Waals surface area contributed by atoms with Gasteiger partial charge in [-0.2, -0.15) is 5.10 Å². The van der Waals surface area contributed by atoms with E-state index in [2.05, 4.69) is 25.7 Å². The molecule has 1 fully saturated rings. The minimum atomic E-state index is 0.0330. The molecule has 1 unspecified atom stereocenters. The highest BCUT2D eigenvalue weighted by molar-refractivity contribution is 5.79. The van der Waals surface area contributed by atoms with Crippen LogP contribution in [-0.2, 0) is 15.9 Å². The second kappa shape index (κ2) is 10.8. The predicted molar refractivity (Wildman–Crippen MR) is 131 cm³/mol. The summed E-state index contributed by atoms with van der Waals surface area (Å²) in [4.78, 5) is 17.3. The SMILES string of the molecule is CCc1nc2c(nc1-c1ccc(C(C)C)nc1OC)c(C)nn2C(COC)CN1CCOCC1. The Hall–Kier alpha value is -2.62. The van der Waals surface area contributed by atoms with Crippen molar-refractivity contribution in [1.29, 1.82) is 0 Å². The zero-order valence-electron chi connectivity index (χ0n) is 21.2. The number of fused-ring (bicyclic) bond motifs is 1. The van der Waals surface area contributed by atoms with Gasteiger partial charge >= 0.3 is 0 Å². The molecule has 184 valence electrons. The van der Waals surface area contributed by atoms with Crippen molar-refractivity contribution < 1.29 is 14.2 Å². The van der Waals surface area contributed by atoms with Crippen molar-refractivity contribution in [3.05, 3.63) is 29.2 Å². The lowest BCUT2D eigenvalue weighted by Crippen LogP contribution is -2.41. The van der Waals surface area contributed by atoms with Crippen LogP contribution in [0, 0.1) is 6.92 Å². The number of rotatable bonds is 9. The van der Waals surface area contributed by atoms with Gasteiger partial charge in [-0.25, -0.2) is 19.6 Å². The molecule has 0 amide bonds. The third-order valence-electron chi connectivity index (χ3n) is 6.30. The van der Waals surface area contributed by atoms with Gasteiger partial charge in [-0.05, 0) is 31.4 Å². The minimum Gasteiger partial charge on any atom is -0.480 e. The van der Waals surface area contributed by atoms with Crippen LogP contribution in [-0.4, -0.2) is 83.3 Å². The number of pyridine rings is 1. The lowest BCUT2D eigenvalue weighted by Gasteiger charge is -2.30. The summed E-state index contributed by atoms with van der Waals surface area (Å²) in [5.74, 6) is 0.885. The Balaban J connectivity index is 1.79. The number of hydrogen-bond acceptors (Lipinski definition) is 8. The molecule has 9 heteroatoms. The Morgan fingerprint density at radius 2 is 1.85 bits per heavy atom. The number of morpholine rings is 1. The Labute approximate surface area is 201 Å². The Morgan fingerprint density at radius 3 is 2.50 bits per heavy atom. The number of hydrogen-bond donors (Lipinski definition) is 0. The Kier molecular flexibility index (Phi) is 7.75.